The van der Waals surface area contributed by atoms with Gasteiger partial charge in [-0.3, -0.25) is 9.59 Å². The summed E-state index contributed by atoms with van der Waals surface area (Å²) < 4.78 is 0. The van der Waals surface area contributed by atoms with Gasteiger partial charge in [0, 0.05) is 26.4 Å². The number of hydrogen-bond donors (Lipinski definition) is 1. The van der Waals surface area contributed by atoms with E-state index in [0.29, 0.717) is 5.92 Å². The molecule has 0 spiro atoms. The maximum Gasteiger partial charge on any atom is 0.303 e. The Kier molecular flexibility index (Phi) is 3.92. The maximum atomic E-state index is 11.0. The smallest absolute Gasteiger partial charge is 0.303 e. The van der Waals surface area contributed by atoms with Crippen LogP contribution in [0.15, 0.2) is 0 Å². The quantitative estimate of drug-likeness (QED) is 0.737. The number of carboxylic acids is 1. The first-order valence-corrected chi connectivity index (χ1v) is 5.07. The van der Waals surface area contributed by atoms with Gasteiger partial charge in [0.15, 0.2) is 0 Å². The van der Waals surface area contributed by atoms with Gasteiger partial charge in [0.1, 0.15) is 0 Å². The predicted octanol–water partition coefficient (Wildman–Crippen LogP) is 1.11. The van der Waals surface area contributed by atoms with Crippen molar-refractivity contribution in [3.05, 3.63) is 0 Å². The second-order valence-corrected chi connectivity index (χ2v) is 3.91. The number of hydrogen-bond acceptors (Lipinski definition) is 2. The van der Waals surface area contributed by atoms with Gasteiger partial charge >= 0.3 is 5.97 Å². The average Bonchev–Trinajstić information content (AvgIpc) is 2.52. The molecule has 1 amide bonds. The molecule has 0 saturated carbocycles. The summed E-state index contributed by atoms with van der Waals surface area (Å²) in [4.78, 5) is 23.1. The number of carboxylic acid groups (broad SMARTS) is 1. The third-order valence-electron chi connectivity index (χ3n) is 2.73. The van der Waals surface area contributed by atoms with Gasteiger partial charge in [-0.1, -0.05) is 0 Å². The summed E-state index contributed by atoms with van der Waals surface area (Å²) in [5, 5.41) is 8.46. The fourth-order valence-electron chi connectivity index (χ4n) is 1.90. The molecule has 1 heterocycles. The Labute approximate surface area is 83.9 Å². The number of nitrogens with zero attached hydrogens (tertiary/aromatic N) is 1. The molecule has 0 aromatic rings. The predicted molar refractivity (Wildman–Crippen MR) is 51.8 cm³/mol. The molecule has 1 aliphatic heterocycles. The number of carbonyl (C=O) groups excluding carboxylic acids is 1. The summed E-state index contributed by atoms with van der Waals surface area (Å²) in [6.45, 7) is 3.24. The van der Waals surface area contributed by atoms with Crippen molar-refractivity contribution < 1.29 is 14.7 Å². The Bertz CT molecular complexity index is 227. The van der Waals surface area contributed by atoms with E-state index in [1.54, 1.807) is 6.92 Å². The number of aliphatic carboxylic acids is 1. The van der Waals surface area contributed by atoms with E-state index in [9.17, 15) is 9.59 Å². The fourth-order valence-corrected chi connectivity index (χ4v) is 1.90. The van der Waals surface area contributed by atoms with Crippen LogP contribution in [0, 0.1) is 5.92 Å². The molecule has 14 heavy (non-hydrogen) atoms. The Morgan fingerprint density at radius 3 is 2.71 bits per heavy atom. The van der Waals surface area contributed by atoms with Gasteiger partial charge < -0.3 is 10.0 Å². The highest BCUT2D eigenvalue weighted by atomic mass is 16.4. The summed E-state index contributed by atoms with van der Waals surface area (Å²) >= 11 is 0. The molecule has 1 N–H and O–H groups in total. The van der Waals surface area contributed by atoms with E-state index in [1.807, 2.05) is 4.90 Å². The fraction of sp³-hybridized carbons (Fsp3) is 0.800. The minimum atomic E-state index is -0.730. The maximum absolute atomic E-state index is 11.0. The van der Waals surface area contributed by atoms with Crippen LogP contribution in [0.25, 0.3) is 0 Å². The Balaban J connectivity index is 2.16. The van der Waals surface area contributed by atoms with Crippen molar-refractivity contribution >= 4 is 11.9 Å². The molecule has 1 atom stereocenters. The van der Waals surface area contributed by atoms with Gasteiger partial charge in [-0.25, -0.2) is 0 Å². The molecule has 80 valence electrons. The molecular weight excluding hydrogens is 182 g/mol. The van der Waals surface area contributed by atoms with Crippen molar-refractivity contribution in [3.63, 3.8) is 0 Å². The van der Waals surface area contributed by atoms with Gasteiger partial charge in [0.05, 0.1) is 0 Å². The van der Waals surface area contributed by atoms with E-state index in [2.05, 4.69) is 0 Å². The number of carbonyl (C=O) groups is 2. The summed E-state index contributed by atoms with van der Waals surface area (Å²) in [5.74, 6) is -0.0876. The summed E-state index contributed by atoms with van der Waals surface area (Å²) in [6, 6.07) is 0. The van der Waals surface area contributed by atoms with Crippen molar-refractivity contribution in [2.24, 2.45) is 5.92 Å². The van der Waals surface area contributed by atoms with Crippen LogP contribution in [0.1, 0.15) is 32.6 Å². The van der Waals surface area contributed by atoms with Crippen molar-refractivity contribution in [2.45, 2.75) is 32.6 Å². The van der Waals surface area contributed by atoms with Crippen LogP contribution in [-0.2, 0) is 9.59 Å². The van der Waals surface area contributed by atoms with Crippen molar-refractivity contribution in [1.82, 2.24) is 4.90 Å². The van der Waals surface area contributed by atoms with Crippen LogP contribution < -0.4 is 0 Å². The zero-order valence-corrected chi connectivity index (χ0v) is 8.53. The highest BCUT2D eigenvalue weighted by Gasteiger charge is 2.23. The first kappa shape index (κ1) is 11.0. The van der Waals surface area contributed by atoms with Crippen LogP contribution in [0.4, 0.5) is 0 Å². The molecule has 1 aliphatic rings. The lowest BCUT2D eigenvalue weighted by molar-refractivity contribution is -0.137. The van der Waals surface area contributed by atoms with Crippen LogP contribution in [0.3, 0.4) is 0 Å². The van der Waals surface area contributed by atoms with E-state index in [0.717, 1.165) is 32.4 Å². The molecule has 0 aliphatic carbocycles. The minimum Gasteiger partial charge on any atom is -0.481 e. The van der Waals surface area contributed by atoms with Crippen molar-refractivity contribution in [2.75, 3.05) is 13.1 Å². The standard InChI is InChI=1S/C10H17NO3/c1-8(12)11-6-5-9(7-11)3-2-4-10(13)14/h9H,2-7H2,1H3,(H,13,14). The molecule has 0 aromatic heterocycles. The Morgan fingerprint density at radius 1 is 1.50 bits per heavy atom. The molecule has 1 rings (SSSR count). The molecule has 1 saturated heterocycles. The first-order chi connectivity index (χ1) is 6.59. The van der Waals surface area contributed by atoms with E-state index in [-0.39, 0.29) is 12.3 Å². The second-order valence-electron chi connectivity index (χ2n) is 3.91. The van der Waals surface area contributed by atoms with E-state index in [4.69, 9.17) is 5.11 Å². The summed E-state index contributed by atoms with van der Waals surface area (Å²) in [5.41, 5.74) is 0. The number of likely N-dealkylation sites (tertiary alicyclic amines) is 1. The van der Waals surface area contributed by atoms with E-state index in [1.165, 1.54) is 0 Å². The first-order valence-electron chi connectivity index (χ1n) is 5.07. The average molecular weight is 199 g/mol. The molecule has 1 unspecified atom stereocenters. The third kappa shape index (κ3) is 3.36. The highest BCUT2D eigenvalue weighted by Crippen LogP contribution is 2.21. The van der Waals surface area contributed by atoms with E-state index >= 15 is 0 Å². The van der Waals surface area contributed by atoms with Gasteiger partial charge in [0.2, 0.25) is 5.91 Å². The van der Waals surface area contributed by atoms with Crippen molar-refractivity contribution in [1.29, 1.82) is 0 Å². The molecule has 1 fully saturated rings. The van der Waals surface area contributed by atoms with Crippen LogP contribution in [0.2, 0.25) is 0 Å². The van der Waals surface area contributed by atoms with Crippen LogP contribution in [-0.4, -0.2) is 35.0 Å². The molecule has 0 aromatic carbocycles. The largest absolute Gasteiger partial charge is 0.481 e. The Morgan fingerprint density at radius 2 is 2.21 bits per heavy atom. The number of rotatable bonds is 4. The number of amides is 1. The van der Waals surface area contributed by atoms with Gasteiger partial charge in [-0.2, -0.15) is 0 Å². The SMILES string of the molecule is CC(=O)N1CCC(CCCC(=O)O)C1. The monoisotopic (exact) mass is 199 g/mol. The molecule has 0 bridgehead atoms. The van der Waals surface area contributed by atoms with Gasteiger partial charge in [-0.15, -0.1) is 0 Å². The zero-order valence-electron chi connectivity index (χ0n) is 8.53. The molecule has 4 nitrogen and oxygen atoms in total. The minimum absolute atomic E-state index is 0.130. The van der Waals surface area contributed by atoms with E-state index < -0.39 is 5.97 Å². The lowest BCUT2D eigenvalue weighted by Crippen LogP contribution is -2.25. The molecule has 0 radical (unpaired) electrons. The lowest BCUT2D eigenvalue weighted by atomic mass is 10.0. The third-order valence-corrected chi connectivity index (χ3v) is 2.73. The van der Waals surface area contributed by atoms with Crippen LogP contribution >= 0.6 is 0 Å². The second kappa shape index (κ2) is 4.98. The Hall–Kier alpha value is -1.06. The van der Waals surface area contributed by atoms with Crippen molar-refractivity contribution in [3.8, 4) is 0 Å². The summed E-state index contributed by atoms with van der Waals surface area (Å²) in [6.07, 6.45) is 2.93. The topological polar surface area (TPSA) is 57.6 Å². The summed E-state index contributed by atoms with van der Waals surface area (Å²) in [7, 11) is 0. The normalized spacial score (nSPS) is 21.2. The highest BCUT2D eigenvalue weighted by molar-refractivity contribution is 5.73. The van der Waals surface area contributed by atoms with Gasteiger partial charge in [0.25, 0.3) is 0 Å². The lowest BCUT2D eigenvalue weighted by Gasteiger charge is -2.13. The van der Waals surface area contributed by atoms with Crippen LogP contribution in [0.5, 0.6) is 0 Å². The zero-order chi connectivity index (χ0) is 10.6. The molecular formula is C10H17NO3. The molecule has 4 heteroatoms. The van der Waals surface area contributed by atoms with Gasteiger partial charge in [-0.05, 0) is 25.2 Å².